The van der Waals surface area contributed by atoms with Gasteiger partial charge in [0.15, 0.2) is 0 Å². The zero-order chi connectivity index (χ0) is 9.80. The molecule has 0 saturated heterocycles. The van der Waals surface area contributed by atoms with Gasteiger partial charge in [-0.3, -0.25) is 0 Å². The molecule has 1 aliphatic rings. The molecule has 4 heteroatoms. The Hall–Kier alpha value is -0.870. The van der Waals surface area contributed by atoms with Crippen LogP contribution in [0, 0.1) is 0 Å². The highest BCUT2D eigenvalue weighted by molar-refractivity contribution is 4.95. The van der Waals surface area contributed by atoms with Crippen molar-refractivity contribution in [2.24, 2.45) is 5.73 Å². The fraction of sp³-hybridized carbons (Fsp3) is 0.700. The van der Waals surface area contributed by atoms with Crippen LogP contribution in [0.25, 0.3) is 0 Å². The highest BCUT2D eigenvalue weighted by Gasteiger charge is 2.20. The van der Waals surface area contributed by atoms with E-state index in [1.165, 1.54) is 19.3 Å². The number of rotatable bonds is 3. The second kappa shape index (κ2) is 4.57. The monoisotopic (exact) mass is 194 g/mol. The molecule has 1 saturated carbocycles. The topological polar surface area (TPSA) is 66.7 Å². The second-order valence-corrected chi connectivity index (χ2v) is 4.01. The molecule has 1 heterocycles. The van der Waals surface area contributed by atoms with Gasteiger partial charge in [-0.05, 0) is 12.8 Å². The van der Waals surface area contributed by atoms with Gasteiger partial charge in [0.25, 0.3) is 0 Å². The third-order valence-corrected chi connectivity index (χ3v) is 2.93. The molecule has 0 bridgehead atoms. The lowest BCUT2D eigenvalue weighted by atomic mass is 9.91. The number of H-pyrrole nitrogens is 1. The van der Waals surface area contributed by atoms with E-state index in [1.54, 1.807) is 6.33 Å². The molecule has 0 aliphatic heterocycles. The maximum atomic E-state index is 6.03. The van der Waals surface area contributed by atoms with E-state index in [2.05, 4.69) is 15.3 Å². The van der Waals surface area contributed by atoms with E-state index in [-0.39, 0.29) is 0 Å². The Balaban J connectivity index is 1.79. The maximum Gasteiger partial charge on any atom is 0.0922 e. The van der Waals surface area contributed by atoms with Crippen LogP contribution in [0.4, 0.5) is 0 Å². The quantitative estimate of drug-likeness (QED) is 0.666. The van der Waals surface area contributed by atoms with E-state index in [9.17, 15) is 0 Å². The number of aromatic amines is 1. The number of nitrogens with zero attached hydrogens (tertiary/aromatic N) is 1. The van der Waals surface area contributed by atoms with Crippen molar-refractivity contribution in [2.75, 3.05) is 0 Å². The molecule has 14 heavy (non-hydrogen) atoms. The third-order valence-electron chi connectivity index (χ3n) is 2.93. The number of aromatic nitrogens is 2. The van der Waals surface area contributed by atoms with Gasteiger partial charge in [0.2, 0.25) is 0 Å². The van der Waals surface area contributed by atoms with Gasteiger partial charge in [-0.2, -0.15) is 0 Å². The van der Waals surface area contributed by atoms with Gasteiger partial charge in [0.05, 0.1) is 6.33 Å². The van der Waals surface area contributed by atoms with Crippen molar-refractivity contribution in [1.29, 1.82) is 0 Å². The molecule has 0 amide bonds. The second-order valence-electron chi connectivity index (χ2n) is 4.01. The Morgan fingerprint density at radius 2 is 2.36 bits per heavy atom. The number of hydrogen-bond acceptors (Lipinski definition) is 3. The Labute approximate surface area is 84.3 Å². The summed E-state index contributed by atoms with van der Waals surface area (Å²) in [5.74, 6) is 0. The summed E-state index contributed by atoms with van der Waals surface area (Å²) in [6.45, 7) is 0.846. The molecule has 1 unspecified atom stereocenters. The molecule has 1 aromatic rings. The SMILES string of the molecule is N[C@H]1CCCCC1NCc1cnc[nH]1. The first-order chi connectivity index (χ1) is 6.86. The lowest BCUT2D eigenvalue weighted by Gasteiger charge is -2.29. The summed E-state index contributed by atoms with van der Waals surface area (Å²) in [5.41, 5.74) is 7.16. The predicted molar refractivity (Wildman–Crippen MR) is 55.7 cm³/mol. The molecule has 0 aromatic carbocycles. The Bertz CT molecular complexity index is 257. The Kier molecular flexibility index (Phi) is 3.16. The standard InChI is InChI=1S/C10H18N4/c11-9-3-1-2-4-10(9)13-6-8-5-12-7-14-8/h5,7,9-10,13H,1-4,6,11H2,(H,12,14)/t9-,10?/m0/s1. The average Bonchev–Trinajstić information content (AvgIpc) is 2.69. The molecule has 1 fully saturated rings. The van der Waals surface area contributed by atoms with Gasteiger partial charge in [-0.25, -0.2) is 4.98 Å². The summed E-state index contributed by atoms with van der Waals surface area (Å²) in [7, 11) is 0. The summed E-state index contributed by atoms with van der Waals surface area (Å²) in [5, 5.41) is 3.48. The Morgan fingerprint density at radius 1 is 1.50 bits per heavy atom. The van der Waals surface area contributed by atoms with Crippen molar-refractivity contribution in [3.63, 3.8) is 0 Å². The molecule has 4 nitrogen and oxygen atoms in total. The van der Waals surface area contributed by atoms with Crippen LogP contribution in [0.1, 0.15) is 31.4 Å². The van der Waals surface area contributed by atoms with E-state index >= 15 is 0 Å². The molecule has 2 rings (SSSR count). The van der Waals surface area contributed by atoms with E-state index < -0.39 is 0 Å². The van der Waals surface area contributed by atoms with Crippen LogP contribution >= 0.6 is 0 Å². The minimum atomic E-state index is 0.326. The minimum Gasteiger partial charge on any atom is -0.347 e. The van der Waals surface area contributed by atoms with Crippen LogP contribution in [-0.4, -0.2) is 22.1 Å². The number of nitrogens with one attached hydrogen (secondary N) is 2. The molecule has 0 spiro atoms. The fourth-order valence-corrected chi connectivity index (χ4v) is 2.04. The summed E-state index contributed by atoms with van der Waals surface area (Å²) in [4.78, 5) is 7.06. The Morgan fingerprint density at radius 3 is 3.07 bits per heavy atom. The van der Waals surface area contributed by atoms with Crippen LogP contribution in [0.2, 0.25) is 0 Å². The lowest BCUT2D eigenvalue weighted by molar-refractivity contribution is 0.325. The van der Waals surface area contributed by atoms with E-state index in [4.69, 9.17) is 5.73 Å². The first kappa shape index (κ1) is 9.68. The van der Waals surface area contributed by atoms with Crippen LogP contribution in [0.5, 0.6) is 0 Å². The number of hydrogen-bond donors (Lipinski definition) is 3. The van der Waals surface area contributed by atoms with Crippen molar-refractivity contribution < 1.29 is 0 Å². The summed E-state index contributed by atoms with van der Waals surface area (Å²) >= 11 is 0. The smallest absolute Gasteiger partial charge is 0.0922 e. The zero-order valence-corrected chi connectivity index (χ0v) is 8.37. The van der Waals surface area contributed by atoms with Gasteiger partial charge in [-0.15, -0.1) is 0 Å². The zero-order valence-electron chi connectivity index (χ0n) is 8.37. The average molecular weight is 194 g/mol. The van der Waals surface area contributed by atoms with Gasteiger partial charge >= 0.3 is 0 Å². The molecule has 4 N–H and O–H groups in total. The van der Waals surface area contributed by atoms with Crippen molar-refractivity contribution in [1.82, 2.24) is 15.3 Å². The number of nitrogens with two attached hydrogens (primary N) is 1. The third kappa shape index (κ3) is 2.33. The summed E-state index contributed by atoms with van der Waals surface area (Å²) < 4.78 is 0. The highest BCUT2D eigenvalue weighted by Crippen LogP contribution is 2.16. The first-order valence-electron chi connectivity index (χ1n) is 5.32. The highest BCUT2D eigenvalue weighted by atomic mass is 15.0. The van der Waals surface area contributed by atoms with Crippen molar-refractivity contribution >= 4 is 0 Å². The van der Waals surface area contributed by atoms with Crippen molar-refractivity contribution in [2.45, 2.75) is 44.3 Å². The van der Waals surface area contributed by atoms with Crippen LogP contribution in [0.3, 0.4) is 0 Å². The molecule has 1 aliphatic carbocycles. The van der Waals surface area contributed by atoms with E-state index in [0.717, 1.165) is 18.7 Å². The molecular formula is C10H18N4. The minimum absolute atomic E-state index is 0.326. The summed E-state index contributed by atoms with van der Waals surface area (Å²) in [6, 6.07) is 0.804. The largest absolute Gasteiger partial charge is 0.347 e. The molecule has 0 radical (unpaired) electrons. The van der Waals surface area contributed by atoms with E-state index in [1.807, 2.05) is 6.20 Å². The van der Waals surface area contributed by atoms with Gasteiger partial charge < -0.3 is 16.0 Å². The number of imidazole rings is 1. The van der Waals surface area contributed by atoms with Crippen LogP contribution in [0.15, 0.2) is 12.5 Å². The van der Waals surface area contributed by atoms with Gasteiger partial charge in [0, 0.05) is 30.5 Å². The fourth-order valence-electron chi connectivity index (χ4n) is 2.04. The van der Waals surface area contributed by atoms with Crippen LogP contribution in [-0.2, 0) is 6.54 Å². The molecule has 1 aromatic heterocycles. The molecule has 78 valence electrons. The predicted octanol–water partition coefficient (Wildman–Crippen LogP) is 0.769. The van der Waals surface area contributed by atoms with E-state index in [0.29, 0.717) is 12.1 Å². The van der Waals surface area contributed by atoms with Gasteiger partial charge in [0.1, 0.15) is 0 Å². The molecule has 2 atom stereocenters. The van der Waals surface area contributed by atoms with Gasteiger partial charge in [-0.1, -0.05) is 12.8 Å². The maximum absolute atomic E-state index is 6.03. The normalized spacial score (nSPS) is 27.8. The first-order valence-corrected chi connectivity index (χ1v) is 5.32. The lowest BCUT2D eigenvalue weighted by Crippen LogP contribution is -2.46. The van der Waals surface area contributed by atoms with Crippen molar-refractivity contribution in [3.8, 4) is 0 Å². The van der Waals surface area contributed by atoms with Crippen LogP contribution < -0.4 is 11.1 Å². The summed E-state index contributed by atoms with van der Waals surface area (Å²) in [6.07, 6.45) is 8.49. The molecular weight excluding hydrogens is 176 g/mol. The van der Waals surface area contributed by atoms with Crippen molar-refractivity contribution in [3.05, 3.63) is 18.2 Å².